The van der Waals surface area contributed by atoms with E-state index in [1.54, 1.807) is 11.4 Å². The van der Waals surface area contributed by atoms with E-state index in [0.717, 1.165) is 26.1 Å². The third kappa shape index (κ3) is 4.31. The van der Waals surface area contributed by atoms with Crippen molar-refractivity contribution in [3.05, 3.63) is 17.0 Å². The predicted molar refractivity (Wildman–Crippen MR) is 72.1 cm³/mol. The van der Waals surface area contributed by atoms with Gasteiger partial charge in [0.15, 0.2) is 0 Å². The number of hydrogen-bond acceptors (Lipinski definition) is 5. The van der Waals surface area contributed by atoms with Crippen molar-refractivity contribution in [2.75, 3.05) is 25.1 Å². The van der Waals surface area contributed by atoms with Gasteiger partial charge >= 0.3 is 0 Å². The van der Waals surface area contributed by atoms with Gasteiger partial charge in [-0.2, -0.15) is 5.26 Å². The normalized spacial score (nSPS) is 15.9. The number of hydrogen-bond donors (Lipinski definition) is 1. The van der Waals surface area contributed by atoms with Crippen LogP contribution in [0.25, 0.3) is 0 Å². The fraction of sp³-hybridized carbons (Fsp3) is 0.538. The minimum absolute atomic E-state index is 0.119. The topological polar surface area (TPSA) is 71.4 Å². The van der Waals surface area contributed by atoms with Crippen LogP contribution in [0.3, 0.4) is 0 Å². The van der Waals surface area contributed by atoms with Gasteiger partial charge in [-0.05, 0) is 24.3 Å². The fourth-order valence-corrected chi connectivity index (χ4v) is 2.60. The number of rotatable bonds is 5. The van der Waals surface area contributed by atoms with Crippen molar-refractivity contribution in [3.63, 3.8) is 0 Å². The summed E-state index contributed by atoms with van der Waals surface area (Å²) in [5.74, 6) is -0.119. The molecule has 0 radical (unpaired) electrons. The smallest absolute Gasteiger partial charge is 0.227 e. The van der Waals surface area contributed by atoms with E-state index in [9.17, 15) is 4.79 Å². The van der Waals surface area contributed by atoms with Crippen LogP contribution in [0, 0.1) is 11.3 Å². The van der Waals surface area contributed by atoms with Crippen molar-refractivity contribution in [2.45, 2.75) is 25.4 Å². The number of carbonyl (C=O) groups is 1. The molecule has 0 spiro atoms. The number of nitriles is 1. The molecule has 19 heavy (non-hydrogen) atoms. The third-order valence-corrected chi connectivity index (χ3v) is 3.72. The van der Waals surface area contributed by atoms with E-state index < -0.39 is 0 Å². The van der Waals surface area contributed by atoms with Crippen LogP contribution in [0.15, 0.2) is 11.4 Å². The van der Waals surface area contributed by atoms with Gasteiger partial charge in [-0.15, -0.1) is 11.3 Å². The molecule has 0 aliphatic carbocycles. The first-order chi connectivity index (χ1) is 9.29. The molecule has 1 aliphatic rings. The summed E-state index contributed by atoms with van der Waals surface area (Å²) in [7, 11) is 0. The van der Waals surface area contributed by atoms with Crippen LogP contribution in [0.2, 0.25) is 0 Å². The zero-order chi connectivity index (χ0) is 13.5. The minimum atomic E-state index is -0.119. The molecule has 1 amide bonds. The Morgan fingerprint density at radius 1 is 1.58 bits per heavy atom. The van der Waals surface area contributed by atoms with Crippen LogP contribution in [-0.4, -0.2) is 31.8 Å². The summed E-state index contributed by atoms with van der Waals surface area (Å²) in [6.45, 7) is 1.87. The Hall–Kier alpha value is -1.42. The largest absolute Gasteiger partial charge is 0.381 e. The fourth-order valence-electron chi connectivity index (χ4n) is 1.84. The molecule has 2 rings (SSSR count). The minimum Gasteiger partial charge on any atom is -0.381 e. The van der Waals surface area contributed by atoms with Crippen molar-refractivity contribution in [3.8, 4) is 6.07 Å². The molecule has 1 aromatic heterocycles. The van der Waals surface area contributed by atoms with Gasteiger partial charge in [0.05, 0.1) is 24.7 Å². The van der Waals surface area contributed by atoms with Gasteiger partial charge < -0.3 is 14.8 Å². The van der Waals surface area contributed by atoms with Gasteiger partial charge in [-0.25, -0.2) is 0 Å². The molecule has 0 aromatic carbocycles. The first kappa shape index (κ1) is 14.0. The van der Waals surface area contributed by atoms with Gasteiger partial charge in [0.1, 0.15) is 11.1 Å². The second-order valence-corrected chi connectivity index (χ2v) is 5.17. The van der Waals surface area contributed by atoms with E-state index >= 15 is 0 Å². The van der Waals surface area contributed by atoms with Crippen molar-refractivity contribution in [2.24, 2.45) is 0 Å². The van der Waals surface area contributed by atoms with E-state index in [4.69, 9.17) is 14.7 Å². The highest BCUT2D eigenvalue weighted by Crippen LogP contribution is 2.22. The molecule has 1 saturated heterocycles. The monoisotopic (exact) mass is 280 g/mol. The highest BCUT2D eigenvalue weighted by Gasteiger charge is 2.15. The SMILES string of the molecule is N#Cc1ccsc1NC(=O)CCOC1CCOCC1. The maximum Gasteiger partial charge on any atom is 0.227 e. The summed E-state index contributed by atoms with van der Waals surface area (Å²) in [5.41, 5.74) is 0.503. The van der Waals surface area contributed by atoms with Gasteiger partial charge in [-0.1, -0.05) is 0 Å². The molecular weight excluding hydrogens is 264 g/mol. The van der Waals surface area contributed by atoms with E-state index in [1.807, 2.05) is 6.07 Å². The van der Waals surface area contributed by atoms with Crippen LogP contribution >= 0.6 is 11.3 Å². The van der Waals surface area contributed by atoms with Crippen LogP contribution in [0.5, 0.6) is 0 Å². The zero-order valence-corrected chi connectivity index (χ0v) is 11.4. The van der Waals surface area contributed by atoms with Crippen molar-refractivity contribution in [1.82, 2.24) is 0 Å². The number of carbonyl (C=O) groups excluding carboxylic acids is 1. The van der Waals surface area contributed by atoms with Crippen molar-refractivity contribution in [1.29, 1.82) is 5.26 Å². The highest BCUT2D eigenvalue weighted by atomic mass is 32.1. The summed E-state index contributed by atoms with van der Waals surface area (Å²) >= 11 is 1.35. The molecule has 0 unspecified atom stereocenters. The summed E-state index contributed by atoms with van der Waals surface area (Å²) in [6, 6.07) is 3.73. The molecule has 0 saturated carbocycles. The number of thiophene rings is 1. The lowest BCUT2D eigenvalue weighted by Gasteiger charge is -2.22. The average Bonchev–Trinajstić information content (AvgIpc) is 2.87. The first-order valence-corrected chi connectivity index (χ1v) is 7.14. The van der Waals surface area contributed by atoms with E-state index in [1.165, 1.54) is 11.3 Å². The summed E-state index contributed by atoms with van der Waals surface area (Å²) < 4.78 is 10.9. The predicted octanol–water partition coefficient (Wildman–Crippen LogP) is 2.14. The molecule has 5 nitrogen and oxygen atoms in total. The molecule has 1 fully saturated rings. The second kappa shape index (κ2) is 7.24. The van der Waals surface area contributed by atoms with Gasteiger partial charge in [0.25, 0.3) is 0 Å². The molecule has 1 N–H and O–H groups in total. The molecular formula is C13H16N2O3S. The number of anilines is 1. The number of nitrogens with one attached hydrogen (secondary N) is 1. The van der Waals surface area contributed by atoms with Crippen LogP contribution in [0.1, 0.15) is 24.8 Å². The molecule has 1 aliphatic heterocycles. The van der Waals surface area contributed by atoms with Crippen LogP contribution in [-0.2, 0) is 14.3 Å². The molecule has 0 atom stereocenters. The summed E-state index contributed by atoms with van der Waals surface area (Å²) in [4.78, 5) is 11.7. The maximum absolute atomic E-state index is 11.7. The van der Waals surface area contributed by atoms with Crippen LogP contribution in [0.4, 0.5) is 5.00 Å². The Bertz CT molecular complexity index is 461. The number of ether oxygens (including phenoxy) is 2. The van der Waals surface area contributed by atoms with Crippen LogP contribution < -0.4 is 5.32 Å². The van der Waals surface area contributed by atoms with E-state index in [-0.39, 0.29) is 12.0 Å². The third-order valence-electron chi connectivity index (χ3n) is 2.89. The number of nitrogens with zero attached hydrogens (tertiary/aromatic N) is 1. The van der Waals surface area contributed by atoms with Gasteiger partial charge in [-0.3, -0.25) is 4.79 Å². The Morgan fingerprint density at radius 2 is 2.37 bits per heavy atom. The molecule has 1 aromatic rings. The second-order valence-electron chi connectivity index (χ2n) is 4.26. The lowest BCUT2D eigenvalue weighted by molar-refractivity contribution is -0.118. The maximum atomic E-state index is 11.7. The van der Waals surface area contributed by atoms with Crippen molar-refractivity contribution < 1.29 is 14.3 Å². The Labute approximate surface area is 116 Å². The van der Waals surface area contributed by atoms with Gasteiger partial charge in [0, 0.05) is 13.2 Å². The Morgan fingerprint density at radius 3 is 3.11 bits per heavy atom. The van der Waals surface area contributed by atoms with E-state index in [2.05, 4.69) is 5.32 Å². The van der Waals surface area contributed by atoms with E-state index in [0.29, 0.717) is 23.6 Å². The summed E-state index contributed by atoms with van der Waals surface area (Å²) in [5, 5.41) is 14.0. The highest BCUT2D eigenvalue weighted by molar-refractivity contribution is 7.14. The van der Waals surface area contributed by atoms with Crippen molar-refractivity contribution >= 4 is 22.2 Å². The quantitative estimate of drug-likeness (QED) is 0.897. The molecule has 6 heteroatoms. The number of amides is 1. The average molecular weight is 280 g/mol. The zero-order valence-electron chi connectivity index (χ0n) is 10.6. The molecule has 2 heterocycles. The lowest BCUT2D eigenvalue weighted by Crippen LogP contribution is -2.25. The lowest BCUT2D eigenvalue weighted by atomic mass is 10.1. The molecule has 0 bridgehead atoms. The first-order valence-electron chi connectivity index (χ1n) is 6.26. The Kier molecular flexibility index (Phi) is 5.33. The standard InChI is InChI=1S/C13H16N2O3S/c14-9-10-4-8-19-13(10)15-12(16)3-7-18-11-1-5-17-6-2-11/h4,8,11H,1-3,5-7H2,(H,15,16). The molecule has 102 valence electrons. The van der Waals surface area contributed by atoms with Gasteiger partial charge in [0.2, 0.25) is 5.91 Å². The Balaban J connectivity index is 1.68. The summed E-state index contributed by atoms with van der Waals surface area (Å²) in [6.07, 6.45) is 2.30.